The molecule has 0 aliphatic carbocycles. The van der Waals surface area contributed by atoms with Crippen molar-refractivity contribution in [3.8, 4) is 11.4 Å². The van der Waals surface area contributed by atoms with Gasteiger partial charge in [-0.2, -0.15) is 0 Å². The second-order valence-corrected chi connectivity index (χ2v) is 6.96. The molecular weight excluding hydrogens is 394 g/mol. The van der Waals surface area contributed by atoms with E-state index < -0.39 is 6.10 Å². The smallest absolute Gasteiger partial charge is 0.265 e. The number of rotatable bonds is 6. The average Bonchev–Trinajstić information content (AvgIpc) is 2.83. The molecule has 0 saturated carbocycles. The first-order valence-electron chi connectivity index (χ1n) is 9.74. The van der Waals surface area contributed by atoms with E-state index in [1.165, 1.54) is 18.0 Å². The van der Waals surface area contributed by atoms with Crippen molar-refractivity contribution >= 4 is 16.8 Å². The molecule has 1 atom stereocenters. The lowest BCUT2D eigenvalue weighted by molar-refractivity contribution is 0.0916. The highest BCUT2D eigenvalue weighted by molar-refractivity contribution is 5.97. The molecule has 0 saturated heterocycles. The van der Waals surface area contributed by atoms with Crippen molar-refractivity contribution in [2.75, 3.05) is 13.7 Å². The van der Waals surface area contributed by atoms with Gasteiger partial charge in [-0.1, -0.05) is 42.5 Å². The number of methoxy groups -OCH3 is 1. The Balaban J connectivity index is 1.57. The molecule has 0 fully saturated rings. The molecule has 31 heavy (non-hydrogen) atoms. The Bertz CT molecular complexity index is 1290. The van der Waals surface area contributed by atoms with Gasteiger partial charge in [-0.25, -0.2) is 4.98 Å². The van der Waals surface area contributed by atoms with Crippen molar-refractivity contribution in [2.24, 2.45) is 0 Å². The lowest BCUT2D eigenvalue weighted by Gasteiger charge is -2.13. The van der Waals surface area contributed by atoms with Gasteiger partial charge >= 0.3 is 0 Å². The van der Waals surface area contributed by atoms with Crippen LogP contribution in [-0.4, -0.2) is 34.2 Å². The molecule has 156 valence electrons. The van der Waals surface area contributed by atoms with Crippen molar-refractivity contribution in [1.29, 1.82) is 0 Å². The number of aliphatic hydroxyl groups is 1. The van der Waals surface area contributed by atoms with E-state index in [-0.39, 0.29) is 18.0 Å². The molecule has 0 aliphatic rings. The Kier molecular flexibility index (Phi) is 5.77. The second kappa shape index (κ2) is 8.81. The number of aliphatic hydroxyl groups excluding tert-OH is 1. The summed E-state index contributed by atoms with van der Waals surface area (Å²) in [6.07, 6.45) is 0.611. The summed E-state index contributed by atoms with van der Waals surface area (Å²) in [7, 11) is 1.54. The number of benzene rings is 3. The second-order valence-electron chi connectivity index (χ2n) is 6.96. The first kappa shape index (κ1) is 20.3. The number of hydrogen-bond acceptors (Lipinski definition) is 5. The molecule has 0 unspecified atom stereocenters. The summed E-state index contributed by atoms with van der Waals surface area (Å²) in [5.41, 5.74) is 1.81. The summed E-state index contributed by atoms with van der Waals surface area (Å²) in [6.45, 7) is 0.0731. The molecule has 2 N–H and O–H groups in total. The number of carbonyl (C=O) groups is 1. The highest BCUT2D eigenvalue weighted by Crippen LogP contribution is 2.21. The number of nitrogens with one attached hydrogen (secondary N) is 1. The number of aromatic nitrogens is 2. The maximum absolute atomic E-state index is 13.0. The third-order valence-corrected chi connectivity index (χ3v) is 5.01. The van der Waals surface area contributed by atoms with Gasteiger partial charge in [0.05, 0.1) is 29.8 Å². The first-order valence-corrected chi connectivity index (χ1v) is 9.74. The lowest BCUT2D eigenvalue weighted by Crippen LogP contribution is -2.28. The number of ether oxygens (including phenoxy) is 1. The normalized spacial score (nSPS) is 11.8. The van der Waals surface area contributed by atoms with Crippen molar-refractivity contribution in [3.63, 3.8) is 0 Å². The minimum absolute atomic E-state index is 0.0731. The summed E-state index contributed by atoms with van der Waals surface area (Å²) in [5.74, 6) is 0.200. The average molecular weight is 415 g/mol. The lowest BCUT2D eigenvalue weighted by atomic mass is 10.1. The van der Waals surface area contributed by atoms with Gasteiger partial charge in [0, 0.05) is 12.1 Å². The SMILES string of the molecule is COc1ccccc1-n1cnc2cc(C(=O)NC[C@H](O)c3ccccc3)ccc2c1=O. The Hall–Kier alpha value is -3.97. The van der Waals surface area contributed by atoms with Gasteiger partial charge in [-0.05, 0) is 35.9 Å². The van der Waals surface area contributed by atoms with Crippen molar-refractivity contribution in [3.05, 3.63) is 101 Å². The third kappa shape index (κ3) is 4.17. The maximum atomic E-state index is 13.0. The summed E-state index contributed by atoms with van der Waals surface area (Å²) in [4.78, 5) is 29.9. The third-order valence-electron chi connectivity index (χ3n) is 5.01. The molecule has 0 spiro atoms. The van der Waals surface area contributed by atoms with E-state index in [4.69, 9.17) is 4.74 Å². The number of amides is 1. The zero-order chi connectivity index (χ0) is 21.8. The first-order chi connectivity index (χ1) is 15.1. The van der Waals surface area contributed by atoms with Gasteiger partial charge in [0.1, 0.15) is 12.1 Å². The molecule has 1 amide bonds. The molecule has 0 radical (unpaired) electrons. The zero-order valence-corrected chi connectivity index (χ0v) is 16.9. The molecule has 1 aromatic heterocycles. The molecular formula is C24H21N3O4. The quantitative estimate of drug-likeness (QED) is 0.505. The van der Waals surface area contributed by atoms with Crippen LogP contribution >= 0.6 is 0 Å². The Labute approximate surface area is 178 Å². The van der Waals surface area contributed by atoms with Crippen LogP contribution < -0.4 is 15.6 Å². The van der Waals surface area contributed by atoms with E-state index >= 15 is 0 Å². The van der Waals surface area contributed by atoms with Gasteiger partial charge in [0.2, 0.25) is 0 Å². The number of carbonyl (C=O) groups excluding carboxylic acids is 1. The van der Waals surface area contributed by atoms with Crippen LogP contribution in [0, 0.1) is 0 Å². The van der Waals surface area contributed by atoms with Gasteiger partial charge in [-0.15, -0.1) is 0 Å². The molecule has 4 rings (SSSR count). The number of nitrogens with zero attached hydrogens (tertiary/aromatic N) is 2. The summed E-state index contributed by atoms with van der Waals surface area (Å²) >= 11 is 0. The van der Waals surface area contributed by atoms with Crippen LogP contribution in [0.2, 0.25) is 0 Å². The maximum Gasteiger partial charge on any atom is 0.265 e. The Morgan fingerprint density at radius 3 is 2.61 bits per heavy atom. The van der Waals surface area contributed by atoms with Crippen molar-refractivity contribution in [2.45, 2.75) is 6.10 Å². The highest BCUT2D eigenvalue weighted by atomic mass is 16.5. The Morgan fingerprint density at radius 1 is 1.10 bits per heavy atom. The summed E-state index contributed by atoms with van der Waals surface area (Å²) < 4.78 is 6.75. The van der Waals surface area contributed by atoms with Gasteiger partial charge < -0.3 is 15.2 Å². The van der Waals surface area contributed by atoms with Crippen LogP contribution in [0.5, 0.6) is 5.75 Å². The van der Waals surface area contributed by atoms with Gasteiger partial charge in [0.25, 0.3) is 11.5 Å². The molecule has 7 nitrogen and oxygen atoms in total. The van der Waals surface area contributed by atoms with E-state index in [1.54, 1.807) is 42.5 Å². The van der Waals surface area contributed by atoms with Crippen LogP contribution in [0.3, 0.4) is 0 Å². The van der Waals surface area contributed by atoms with E-state index in [2.05, 4.69) is 10.3 Å². The highest BCUT2D eigenvalue weighted by Gasteiger charge is 2.14. The topological polar surface area (TPSA) is 93.5 Å². The predicted octanol–water partition coefficient (Wildman–Crippen LogP) is 2.86. The molecule has 7 heteroatoms. The number of para-hydroxylation sites is 2. The predicted molar refractivity (Wildman–Crippen MR) is 118 cm³/mol. The number of hydrogen-bond donors (Lipinski definition) is 2. The summed E-state index contributed by atoms with van der Waals surface area (Å²) in [5, 5.41) is 13.3. The molecule has 1 heterocycles. The van der Waals surface area contributed by atoms with E-state index in [0.29, 0.717) is 27.9 Å². The van der Waals surface area contributed by atoms with Crippen molar-refractivity contribution < 1.29 is 14.6 Å². The van der Waals surface area contributed by atoms with E-state index in [9.17, 15) is 14.7 Å². The van der Waals surface area contributed by atoms with E-state index in [1.807, 2.05) is 30.3 Å². The van der Waals surface area contributed by atoms with Gasteiger partial charge in [-0.3, -0.25) is 14.2 Å². The standard InChI is InChI=1S/C24H21N3O4/c1-31-22-10-6-5-9-20(22)27-15-26-19-13-17(11-12-18(19)24(27)30)23(29)25-14-21(28)16-7-3-2-4-8-16/h2-13,15,21,28H,14H2,1H3,(H,25,29)/t21-/m0/s1. The fraction of sp³-hybridized carbons (Fsp3) is 0.125. The van der Waals surface area contributed by atoms with Crippen LogP contribution in [0.25, 0.3) is 16.6 Å². The number of fused-ring (bicyclic) bond motifs is 1. The van der Waals surface area contributed by atoms with Crippen LogP contribution in [0.1, 0.15) is 22.0 Å². The summed E-state index contributed by atoms with van der Waals surface area (Å²) in [6, 6.07) is 21.0. The van der Waals surface area contributed by atoms with Crippen LogP contribution in [-0.2, 0) is 0 Å². The largest absolute Gasteiger partial charge is 0.495 e. The van der Waals surface area contributed by atoms with E-state index in [0.717, 1.165) is 5.56 Å². The fourth-order valence-electron chi connectivity index (χ4n) is 3.35. The minimum atomic E-state index is -0.809. The monoisotopic (exact) mass is 415 g/mol. The molecule has 3 aromatic carbocycles. The van der Waals surface area contributed by atoms with Crippen molar-refractivity contribution in [1.82, 2.24) is 14.9 Å². The van der Waals surface area contributed by atoms with Crippen LogP contribution in [0.4, 0.5) is 0 Å². The molecule has 0 aliphatic heterocycles. The zero-order valence-electron chi connectivity index (χ0n) is 16.9. The van der Waals surface area contributed by atoms with Gasteiger partial charge in [0.15, 0.2) is 0 Å². The fourth-order valence-corrected chi connectivity index (χ4v) is 3.35. The molecule has 4 aromatic rings. The molecule has 0 bridgehead atoms. The minimum Gasteiger partial charge on any atom is -0.495 e. The Morgan fingerprint density at radius 2 is 1.84 bits per heavy atom. The van der Waals surface area contributed by atoms with Crippen LogP contribution in [0.15, 0.2) is 83.9 Å².